The lowest BCUT2D eigenvalue weighted by Gasteiger charge is -2.26. The van der Waals surface area contributed by atoms with Crippen molar-refractivity contribution in [3.8, 4) is 0 Å². The van der Waals surface area contributed by atoms with Crippen LogP contribution >= 0.6 is 0 Å². The first-order chi connectivity index (χ1) is 8.82. The minimum atomic E-state index is -0.905. The molecule has 1 N–H and O–H groups in total. The van der Waals surface area contributed by atoms with E-state index in [-0.39, 0.29) is 12.6 Å². The standard InChI is InChI=1S/C14H20N2O3/c1-10-6-5-7-12(8-10)16(4)14(19)15(3)9-11(2)13(17)18/h5-8,11H,9H2,1-4H3,(H,17,18). The quantitative estimate of drug-likeness (QED) is 0.907. The molecule has 5 heteroatoms. The zero-order chi connectivity index (χ0) is 14.6. The molecule has 0 saturated carbocycles. The van der Waals surface area contributed by atoms with Crippen LogP contribution in [0.5, 0.6) is 0 Å². The van der Waals surface area contributed by atoms with Crippen molar-refractivity contribution in [1.29, 1.82) is 0 Å². The zero-order valence-electron chi connectivity index (χ0n) is 11.8. The van der Waals surface area contributed by atoms with Gasteiger partial charge in [-0.15, -0.1) is 0 Å². The number of hydrogen-bond donors (Lipinski definition) is 1. The number of carbonyl (C=O) groups is 2. The van der Waals surface area contributed by atoms with Crippen molar-refractivity contribution in [2.75, 3.05) is 25.5 Å². The molecule has 0 aliphatic rings. The van der Waals surface area contributed by atoms with Crippen LogP contribution in [0.3, 0.4) is 0 Å². The molecular formula is C14H20N2O3. The molecule has 2 amide bonds. The van der Waals surface area contributed by atoms with Crippen LogP contribution in [0, 0.1) is 12.8 Å². The van der Waals surface area contributed by atoms with E-state index in [2.05, 4.69) is 0 Å². The molecule has 19 heavy (non-hydrogen) atoms. The molecule has 0 spiro atoms. The lowest BCUT2D eigenvalue weighted by atomic mass is 10.2. The summed E-state index contributed by atoms with van der Waals surface area (Å²) in [5.41, 5.74) is 1.86. The molecule has 0 fully saturated rings. The summed E-state index contributed by atoms with van der Waals surface area (Å²) < 4.78 is 0. The molecule has 1 atom stereocenters. The lowest BCUT2D eigenvalue weighted by molar-refractivity contribution is -0.141. The van der Waals surface area contributed by atoms with Crippen molar-refractivity contribution in [3.05, 3.63) is 29.8 Å². The Morgan fingerprint density at radius 3 is 2.47 bits per heavy atom. The molecule has 0 bridgehead atoms. The third-order valence-electron chi connectivity index (χ3n) is 2.97. The first kappa shape index (κ1) is 15.0. The largest absolute Gasteiger partial charge is 0.481 e. The van der Waals surface area contributed by atoms with Crippen molar-refractivity contribution in [3.63, 3.8) is 0 Å². The first-order valence-electron chi connectivity index (χ1n) is 6.11. The van der Waals surface area contributed by atoms with Crippen molar-refractivity contribution in [2.45, 2.75) is 13.8 Å². The highest BCUT2D eigenvalue weighted by Crippen LogP contribution is 2.16. The molecular weight excluding hydrogens is 244 g/mol. The fraction of sp³-hybridized carbons (Fsp3) is 0.429. The van der Waals surface area contributed by atoms with Crippen molar-refractivity contribution >= 4 is 17.7 Å². The van der Waals surface area contributed by atoms with Gasteiger partial charge in [0.15, 0.2) is 0 Å². The molecule has 5 nitrogen and oxygen atoms in total. The van der Waals surface area contributed by atoms with Crippen LogP contribution in [0.15, 0.2) is 24.3 Å². The number of anilines is 1. The van der Waals surface area contributed by atoms with E-state index in [0.29, 0.717) is 0 Å². The maximum atomic E-state index is 12.2. The van der Waals surface area contributed by atoms with Crippen molar-refractivity contribution in [2.24, 2.45) is 5.92 Å². The van der Waals surface area contributed by atoms with Crippen LogP contribution < -0.4 is 4.90 Å². The number of urea groups is 1. The summed E-state index contributed by atoms with van der Waals surface area (Å²) >= 11 is 0. The fourth-order valence-electron chi connectivity index (χ4n) is 1.77. The van der Waals surface area contributed by atoms with E-state index in [4.69, 9.17) is 5.11 Å². The van der Waals surface area contributed by atoms with Gasteiger partial charge in [0.05, 0.1) is 5.92 Å². The van der Waals surface area contributed by atoms with E-state index < -0.39 is 11.9 Å². The van der Waals surface area contributed by atoms with Gasteiger partial charge in [-0.2, -0.15) is 0 Å². The number of aliphatic carboxylic acids is 1. The van der Waals surface area contributed by atoms with E-state index in [9.17, 15) is 9.59 Å². The van der Waals surface area contributed by atoms with E-state index in [1.807, 2.05) is 31.2 Å². The molecule has 104 valence electrons. The number of benzene rings is 1. The van der Waals surface area contributed by atoms with E-state index in [1.54, 1.807) is 21.0 Å². The van der Waals surface area contributed by atoms with Gasteiger partial charge in [0.25, 0.3) is 0 Å². The highest BCUT2D eigenvalue weighted by Gasteiger charge is 2.20. The van der Waals surface area contributed by atoms with Gasteiger partial charge in [0.2, 0.25) is 0 Å². The van der Waals surface area contributed by atoms with E-state index in [1.165, 1.54) is 9.80 Å². The number of carboxylic acid groups (broad SMARTS) is 1. The lowest BCUT2D eigenvalue weighted by Crippen LogP contribution is -2.42. The second-order valence-electron chi connectivity index (χ2n) is 4.80. The van der Waals surface area contributed by atoms with Crippen LogP contribution in [-0.4, -0.2) is 42.6 Å². The van der Waals surface area contributed by atoms with E-state index in [0.717, 1.165) is 11.3 Å². The third-order valence-corrected chi connectivity index (χ3v) is 2.97. The Morgan fingerprint density at radius 2 is 1.95 bits per heavy atom. The molecule has 0 heterocycles. The Balaban J connectivity index is 2.74. The Morgan fingerprint density at radius 1 is 1.32 bits per heavy atom. The van der Waals surface area contributed by atoms with Crippen LogP contribution in [0.25, 0.3) is 0 Å². The van der Waals surface area contributed by atoms with Gasteiger partial charge < -0.3 is 10.0 Å². The number of hydrogen-bond acceptors (Lipinski definition) is 2. The number of rotatable bonds is 4. The number of carboxylic acids is 1. The van der Waals surface area contributed by atoms with Gasteiger partial charge >= 0.3 is 12.0 Å². The molecule has 1 unspecified atom stereocenters. The number of nitrogens with zero attached hydrogens (tertiary/aromatic N) is 2. The van der Waals surface area contributed by atoms with Gasteiger partial charge in [0.1, 0.15) is 0 Å². The Kier molecular flexibility index (Phi) is 4.92. The maximum Gasteiger partial charge on any atom is 0.323 e. The van der Waals surface area contributed by atoms with Gasteiger partial charge in [-0.25, -0.2) is 4.79 Å². The summed E-state index contributed by atoms with van der Waals surface area (Å²) in [6.07, 6.45) is 0. The zero-order valence-corrected chi connectivity index (χ0v) is 11.8. The van der Waals surface area contributed by atoms with E-state index >= 15 is 0 Å². The summed E-state index contributed by atoms with van der Waals surface area (Å²) in [4.78, 5) is 25.9. The van der Waals surface area contributed by atoms with Crippen LogP contribution in [-0.2, 0) is 4.79 Å². The maximum absolute atomic E-state index is 12.2. The summed E-state index contributed by atoms with van der Waals surface area (Å²) in [6.45, 7) is 3.72. The molecule has 0 radical (unpaired) electrons. The van der Waals surface area contributed by atoms with Crippen molar-refractivity contribution < 1.29 is 14.7 Å². The van der Waals surface area contributed by atoms with Gasteiger partial charge in [0, 0.05) is 26.3 Å². The topological polar surface area (TPSA) is 60.9 Å². The summed E-state index contributed by atoms with van der Waals surface area (Å²) in [5, 5.41) is 8.85. The number of carbonyl (C=O) groups excluding carboxylic acids is 1. The first-order valence-corrected chi connectivity index (χ1v) is 6.11. The number of amides is 2. The summed E-state index contributed by atoms with van der Waals surface area (Å²) in [6, 6.07) is 7.37. The summed E-state index contributed by atoms with van der Waals surface area (Å²) in [7, 11) is 3.28. The highest BCUT2D eigenvalue weighted by atomic mass is 16.4. The average molecular weight is 264 g/mol. The molecule has 0 saturated heterocycles. The Hall–Kier alpha value is -2.04. The minimum Gasteiger partial charge on any atom is -0.481 e. The Labute approximate surface area is 113 Å². The van der Waals surface area contributed by atoms with Crippen LogP contribution in [0.2, 0.25) is 0 Å². The van der Waals surface area contributed by atoms with Gasteiger partial charge in [-0.1, -0.05) is 19.1 Å². The second kappa shape index (κ2) is 6.22. The van der Waals surface area contributed by atoms with Gasteiger partial charge in [-0.3, -0.25) is 9.69 Å². The Bertz CT molecular complexity index is 474. The number of aryl methyl sites for hydroxylation is 1. The smallest absolute Gasteiger partial charge is 0.323 e. The van der Waals surface area contributed by atoms with Gasteiger partial charge in [-0.05, 0) is 24.6 Å². The monoisotopic (exact) mass is 264 g/mol. The SMILES string of the molecule is Cc1cccc(N(C)C(=O)N(C)CC(C)C(=O)O)c1. The average Bonchev–Trinajstić information content (AvgIpc) is 2.36. The molecule has 1 rings (SSSR count). The summed E-state index contributed by atoms with van der Waals surface area (Å²) in [5.74, 6) is -1.49. The molecule has 1 aromatic rings. The van der Waals surface area contributed by atoms with Crippen LogP contribution in [0.1, 0.15) is 12.5 Å². The molecule has 0 aliphatic heterocycles. The molecule has 1 aromatic carbocycles. The molecule has 0 aliphatic carbocycles. The molecule has 0 aromatic heterocycles. The fourth-order valence-corrected chi connectivity index (χ4v) is 1.77. The normalized spacial score (nSPS) is 11.8. The predicted molar refractivity (Wildman–Crippen MR) is 74.4 cm³/mol. The predicted octanol–water partition coefficient (Wildman–Crippen LogP) is 2.20. The highest BCUT2D eigenvalue weighted by molar-refractivity contribution is 5.91. The third kappa shape index (κ3) is 3.98. The minimum absolute atomic E-state index is 0.185. The second-order valence-corrected chi connectivity index (χ2v) is 4.80. The van der Waals surface area contributed by atoms with Crippen molar-refractivity contribution in [1.82, 2.24) is 4.90 Å². The van der Waals surface area contributed by atoms with Crippen LogP contribution in [0.4, 0.5) is 10.5 Å².